The van der Waals surface area contributed by atoms with Crippen LogP contribution in [0.25, 0.3) is 0 Å². The number of nitrogens with one attached hydrogen (secondary N) is 1. The number of benzene rings is 2. The molecule has 0 atom stereocenters. The molecule has 0 aliphatic heterocycles. The van der Waals surface area contributed by atoms with Gasteiger partial charge in [-0.25, -0.2) is 0 Å². The van der Waals surface area contributed by atoms with Gasteiger partial charge in [0.2, 0.25) is 0 Å². The molecule has 140 valence electrons. The molecular weight excluding hydrogens is 326 g/mol. The van der Waals surface area contributed by atoms with Crippen LogP contribution < -0.4 is 14.8 Å². The number of aryl methyl sites for hydroxylation is 2. The maximum atomic E-state index is 12.4. The van der Waals surface area contributed by atoms with Gasteiger partial charge in [0.15, 0.2) is 0 Å². The molecule has 0 aromatic heterocycles. The van der Waals surface area contributed by atoms with Gasteiger partial charge >= 0.3 is 0 Å². The van der Waals surface area contributed by atoms with Crippen LogP contribution in [0.3, 0.4) is 0 Å². The van der Waals surface area contributed by atoms with Gasteiger partial charge in [-0.2, -0.15) is 0 Å². The molecule has 2 rings (SSSR count). The minimum atomic E-state index is -0.286. The summed E-state index contributed by atoms with van der Waals surface area (Å²) >= 11 is 0. The molecule has 4 nitrogen and oxygen atoms in total. The summed E-state index contributed by atoms with van der Waals surface area (Å²) in [6.07, 6.45) is 0. The molecule has 4 heteroatoms. The maximum absolute atomic E-state index is 12.4. The Bertz CT molecular complexity index is 775. The molecule has 0 saturated heterocycles. The van der Waals surface area contributed by atoms with Crippen LogP contribution in [0, 0.1) is 13.8 Å². The van der Waals surface area contributed by atoms with Crippen molar-refractivity contribution in [3.05, 3.63) is 58.7 Å². The molecule has 2 aromatic carbocycles. The van der Waals surface area contributed by atoms with Crippen molar-refractivity contribution < 1.29 is 14.3 Å². The van der Waals surface area contributed by atoms with Crippen LogP contribution in [0.15, 0.2) is 36.4 Å². The van der Waals surface area contributed by atoms with Gasteiger partial charge in [0.05, 0.1) is 6.61 Å². The van der Waals surface area contributed by atoms with Gasteiger partial charge < -0.3 is 14.8 Å². The van der Waals surface area contributed by atoms with Gasteiger partial charge in [-0.3, -0.25) is 4.79 Å². The molecule has 1 N–H and O–H groups in total. The molecule has 1 amide bonds. The average molecular weight is 355 g/mol. The van der Waals surface area contributed by atoms with E-state index in [0.717, 1.165) is 17.1 Å². The van der Waals surface area contributed by atoms with Crippen LogP contribution in [0.1, 0.15) is 54.7 Å². The lowest BCUT2D eigenvalue weighted by Gasteiger charge is -2.21. The lowest BCUT2D eigenvalue weighted by Crippen LogP contribution is -2.40. The highest BCUT2D eigenvalue weighted by Gasteiger charge is 2.17. The summed E-state index contributed by atoms with van der Waals surface area (Å²) in [5.41, 5.74) is 3.58. The Hall–Kier alpha value is -2.49. The molecule has 0 aliphatic rings. The van der Waals surface area contributed by atoms with Crippen molar-refractivity contribution in [2.45, 2.75) is 53.7 Å². The molecule has 0 fully saturated rings. The summed E-state index contributed by atoms with van der Waals surface area (Å²) < 4.78 is 11.6. The monoisotopic (exact) mass is 355 g/mol. The topological polar surface area (TPSA) is 47.6 Å². The summed E-state index contributed by atoms with van der Waals surface area (Å²) in [6, 6.07) is 11.5. The number of hydrogen-bond donors (Lipinski definition) is 1. The van der Waals surface area contributed by atoms with Crippen molar-refractivity contribution in [3.8, 4) is 11.5 Å². The van der Waals surface area contributed by atoms with E-state index in [0.29, 0.717) is 18.8 Å². The quantitative estimate of drug-likeness (QED) is 0.809. The standard InChI is InChI=1S/C22H29NO3/c1-7-25-20-11-9-17(21(24)23-22(4,5)6)13-18(20)14-26-19-10-8-15(2)16(3)12-19/h8-13H,7,14H2,1-6H3,(H,23,24). The fourth-order valence-electron chi connectivity index (χ4n) is 2.51. The summed E-state index contributed by atoms with van der Waals surface area (Å²) in [7, 11) is 0. The van der Waals surface area contributed by atoms with E-state index in [1.54, 1.807) is 6.07 Å². The van der Waals surface area contributed by atoms with Crippen LogP contribution in [0.2, 0.25) is 0 Å². The Kier molecular flexibility index (Phi) is 6.30. The fourth-order valence-corrected chi connectivity index (χ4v) is 2.51. The lowest BCUT2D eigenvalue weighted by molar-refractivity contribution is 0.0919. The molecule has 2 aromatic rings. The molecule has 0 aliphatic carbocycles. The second-order valence-corrected chi connectivity index (χ2v) is 7.49. The number of amides is 1. The molecular formula is C22H29NO3. The Labute approximate surface area is 156 Å². The Morgan fingerprint density at radius 1 is 1.00 bits per heavy atom. The van der Waals surface area contributed by atoms with Crippen LogP contribution in [0.5, 0.6) is 11.5 Å². The molecule has 0 unspecified atom stereocenters. The molecule has 26 heavy (non-hydrogen) atoms. The van der Waals surface area contributed by atoms with E-state index in [1.807, 2.05) is 58.0 Å². The zero-order valence-electron chi connectivity index (χ0n) is 16.6. The summed E-state index contributed by atoms with van der Waals surface area (Å²) in [5.74, 6) is 1.44. The average Bonchev–Trinajstić information content (AvgIpc) is 2.55. The van der Waals surface area contributed by atoms with Gasteiger partial charge in [0.25, 0.3) is 5.91 Å². The Morgan fingerprint density at radius 3 is 2.35 bits per heavy atom. The van der Waals surface area contributed by atoms with Gasteiger partial charge in [0.1, 0.15) is 18.1 Å². The Balaban J connectivity index is 2.21. The lowest BCUT2D eigenvalue weighted by atomic mass is 10.1. The third-order valence-corrected chi connectivity index (χ3v) is 3.98. The number of hydrogen-bond acceptors (Lipinski definition) is 3. The summed E-state index contributed by atoms with van der Waals surface area (Å²) in [4.78, 5) is 12.4. The van der Waals surface area contributed by atoms with E-state index in [-0.39, 0.29) is 11.4 Å². The SMILES string of the molecule is CCOc1ccc(C(=O)NC(C)(C)C)cc1COc1ccc(C)c(C)c1. The van der Waals surface area contributed by atoms with Gasteiger partial charge in [-0.05, 0) is 83.0 Å². The first-order valence-corrected chi connectivity index (χ1v) is 8.98. The van der Waals surface area contributed by atoms with Gasteiger partial charge in [0, 0.05) is 16.7 Å². The minimum absolute atomic E-state index is 0.104. The van der Waals surface area contributed by atoms with Gasteiger partial charge in [-0.15, -0.1) is 0 Å². The second kappa shape index (κ2) is 8.26. The van der Waals surface area contributed by atoms with E-state index in [2.05, 4.69) is 19.2 Å². The van der Waals surface area contributed by atoms with E-state index < -0.39 is 0 Å². The predicted molar refractivity (Wildman–Crippen MR) is 105 cm³/mol. The van der Waals surface area contributed by atoms with E-state index in [9.17, 15) is 4.79 Å². The van der Waals surface area contributed by atoms with Crippen molar-refractivity contribution >= 4 is 5.91 Å². The zero-order chi connectivity index (χ0) is 19.3. The maximum Gasteiger partial charge on any atom is 0.251 e. The van der Waals surface area contributed by atoms with Crippen molar-refractivity contribution in [2.24, 2.45) is 0 Å². The minimum Gasteiger partial charge on any atom is -0.493 e. The van der Waals surface area contributed by atoms with Gasteiger partial charge in [-0.1, -0.05) is 6.07 Å². The summed E-state index contributed by atoms with van der Waals surface area (Å²) in [6.45, 7) is 12.9. The second-order valence-electron chi connectivity index (χ2n) is 7.49. The first-order chi connectivity index (χ1) is 12.2. The first kappa shape index (κ1) is 19.8. The highest BCUT2D eigenvalue weighted by molar-refractivity contribution is 5.95. The van der Waals surface area contributed by atoms with E-state index in [4.69, 9.17) is 9.47 Å². The molecule has 0 saturated carbocycles. The third-order valence-electron chi connectivity index (χ3n) is 3.98. The smallest absolute Gasteiger partial charge is 0.251 e. The van der Waals surface area contributed by atoms with Crippen LogP contribution >= 0.6 is 0 Å². The first-order valence-electron chi connectivity index (χ1n) is 8.98. The van der Waals surface area contributed by atoms with E-state index >= 15 is 0 Å². The Morgan fingerprint density at radius 2 is 1.73 bits per heavy atom. The van der Waals surface area contributed by atoms with Crippen molar-refractivity contribution in [3.63, 3.8) is 0 Å². The molecule has 0 heterocycles. The fraction of sp³-hybridized carbons (Fsp3) is 0.409. The van der Waals surface area contributed by atoms with Crippen LogP contribution in [-0.4, -0.2) is 18.1 Å². The number of carbonyl (C=O) groups is 1. The third kappa shape index (κ3) is 5.51. The molecule has 0 radical (unpaired) electrons. The predicted octanol–water partition coefficient (Wildman–Crippen LogP) is 4.81. The summed E-state index contributed by atoms with van der Waals surface area (Å²) in [5, 5.41) is 2.98. The van der Waals surface area contributed by atoms with Crippen molar-refractivity contribution in [2.75, 3.05) is 6.61 Å². The van der Waals surface area contributed by atoms with Crippen LogP contribution in [0.4, 0.5) is 0 Å². The van der Waals surface area contributed by atoms with Crippen molar-refractivity contribution in [1.82, 2.24) is 5.32 Å². The largest absolute Gasteiger partial charge is 0.493 e. The zero-order valence-corrected chi connectivity index (χ0v) is 16.6. The normalized spacial score (nSPS) is 11.2. The van der Waals surface area contributed by atoms with Crippen molar-refractivity contribution in [1.29, 1.82) is 0 Å². The molecule has 0 spiro atoms. The number of ether oxygens (including phenoxy) is 2. The highest BCUT2D eigenvalue weighted by atomic mass is 16.5. The molecule has 0 bridgehead atoms. The van der Waals surface area contributed by atoms with Crippen LogP contribution in [-0.2, 0) is 6.61 Å². The highest BCUT2D eigenvalue weighted by Crippen LogP contribution is 2.24. The van der Waals surface area contributed by atoms with E-state index in [1.165, 1.54) is 11.1 Å². The number of rotatable bonds is 6. The number of carbonyl (C=O) groups excluding carboxylic acids is 1.